The zero-order chi connectivity index (χ0) is 33.0. The molecule has 0 bridgehead atoms. The molecule has 1 aliphatic heterocycles. The highest BCUT2D eigenvalue weighted by atomic mass is 28.5. The van der Waals surface area contributed by atoms with Gasteiger partial charge in [0.1, 0.15) is 12.0 Å². The Kier molecular flexibility index (Phi) is 14.4. The van der Waals surface area contributed by atoms with Crippen LogP contribution in [0.1, 0.15) is 60.8 Å². The summed E-state index contributed by atoms with van der Waals surface area (Å²) in [7, 11) is -10.2. The average Bonchev–Trinajstić information content (AvgIpc) is 2.81. The summed E-state index contributed by atoms with van der Waals surface area (Å²) in [5, 5.41) is 2.31. The van der Waals surface area contributed by atoms with Crippen LogP contribution in [0, 0.1) is 0 Å². The third-order valence-corrected chi connectivity index (χ3v) is 13.0. The van der Waals surface area contributed by atoms with Crippen LogP contribution >= 0.6 is 0 Å². The molecule has 43 heavy (non-hydrogen) atoms. The van der Waals surface area contributed by atoms with E-state index in [9.17, 15) is 28.8 Å². The molecule has 0 radical (unpaired) electrons. The van der Waals surface area contributed by atoms with Gasteiger partial charge in [-0.05, 0) is 19.5 Å². The molecule has 0 spiro atoms. The molecule has 21 heteroatoms. The Hall–Kier alpha value is -3.93. The van der Waals surface area contributed by atoms with Crippen molar-refractivity contribution >= 4 is 65.2 Å². The van der Waals surface area contributed by atoms with Crippen molar-refractivity contribution in [2.45, 2.75) is 72.1 Å². The molecule has 0 saturated heterocycles. The first kappa shape index (κ1) is 37.1. The molecular formula is C22H39N7O12Si2. The first-order valence-corrected chi connectivity index (χ1v) is 16.6. The minimum absolute atomic E-state index is 0.0927. The fourth-order valence-corrected chi connectivity index (χ4v) is 11.2. The summed E-state index contributed by atoms with van der Waals surface area (Å²) < 4.78 is 32.2. The van der Waals surface area contributed by atoms with Crippen LogP contribution in [-0.2, 0) is 55.3 Å². The van der Waals surface area contributed by atoms with Gasteiger partial charge in [0.05, 0.1) is 0 Å². The lowest BCUT2D eigenvalue weighted by molar-refractivity contribution is -0.148. The van der Waals surface area contributed by atoms with Crippen molar-refractivity contribution < 1.29 is 55.3 Å². The normalized spacial score (nSPS) is 16.0. The first-order chi connectivity index (χ1) is 20.0. The molecule has 1 aliphatic rings. The Labute approximate surface area is 250 Å². The number of carbonyl (C=O) groups excluding carboxylic acids is 6. The molecule has 7 N–H and O–H groups in total. The molecule has 242 valence electrons. The Morgan fingerprint density at radius 3 is 1.51 bits per heavy atom. The molecule has 0 aromatic carbocycles. The molecule has 0 aromatic heterocycles. The lowest BCUT2D eigenvalue weighted by Gasteiger charge is -2.38. The number of hydrogen-bond acceptors (Lipinski definition) is 17. The monoisotopic (exact) mass is 649 g/mol. The van der Waals surface area contributed by atoms with E-state index in [1.807, 2.05) is 0 Å². The van der Waals surface area contributed by atoms with Gasteiger partial charge in [-0.2, -0.15) is 0 Å². The van der Waals surface area contributed by atoms with Crippen molar-refractivity contribution in [3.63, 3.8) is 0 Å². The number of carbonyl (C=O) groups is 6. The number of hydrogen-bond donors (Lipinski definition) is 4. The van der Waals surface area contributed by atoms with Crippen LogP contribution < -0.4 is 22.6 Å². The van der Waals surface area contributed by atoms with E-state index < -0.39 is 71.2 Å². The molecule has 0 aromatic rings. The second-order valence-electron chi connectivity index (χ2n) is 9.02. The van der Waals surface area contributed by atoms with Crippen molar-refractivity contribution in [1.29, 1.82) is 0 Å². The maximum Gasteiger partial charge on any atom is 0.716 e. The van der Waals surface area contributed by atoms with E-state index in [0.717, 1.165) is 41.5 Å². The molecule has 1 rings (SSSR count). The van der Waals surface area contributed by atoms with Crippen LogP contribution in [-0.4, -0.2) is 96.0 Å². The zero-order valence-corrected chi connectivity index (χ0v) is 26.9. The van der Waals surface area contributed by atoms with Crippen LogP contribution in [0.25, 0.3) is 0 Å². The molecule has 0 amide bonds. The molecule has 1 heterocycles. The highest BCUT2D eigenvalue weighted by Gasteiger charge is 2.77. The maximum atomic E-state index is 12.3. The van der Waals surface area contributed by atoms with Crippen molar-refractivity contribution in [2.24, 2.45) is 27.3 Å². The van der Waals surface area contributed by atoms with Gasteiger partial charge in [-0.1, -0.05) is 0 Å². The minimum atomic E-state index is -5.12. The number of aliphatic imine (C=N–C) groups is 2. The quantitative estimate of drug-likeness (QED) is 0.111. The summed E-state index contributed by atoms with van der Waals surface area (Å²) in [6.45, 7) is 5.71. The number of nitrogens with zero attached hydrogens (tertiary/aromatic N) is 3. The molecule has 0 saturated carbocycles. The van der Waals surface area contributed by atoms with Crippen molar-refractivity contribution in [1.82, 2.24) is 10.3 Å². The van der Waals surface area contributed by atoms with Crippen LogP contribution in [0.15, 0.2) is 9.98 Å². The van der Waals surface area contributed by atoms with Gasteiger partial charge in [-0.3, -0.25) is 38.8 Å². The second-order valence-corrected chi connectivity index (χ2v) is 14.6. The lowest BCUT2D eigenvalue weighted by Crippen LogP contribution is -2.66. The summed E-state index contributed by atoms with van der Waals surface area (Å²) in [6, 6.07) is 0. The van der Waals surface area contributed by atoms with E-state index in [0.29, 0.717) is 18.7 Å². The number of hydrazine groups is 1. The van der Waals surface area contributed by atoms with E-state index in [1.165, 1.54) is 5.01 Å². The summed E-state index contributed by atoms with van der Waals surface area (Å²) in [5.74, 6) is 0.233. The SMILES string of the molecule is CC(=O)O[Si](OC(C)=O)(OC(C)=O)C(CCN=C1NC(CCN)=NC(CCN)N1N)[Si](OC(C)=O)(OC(C)=O)OC(C)=O. The second kappa shape index (κ2) is 16.6. The highest BCUT2D eigenvalue weighted by molar-refractivity contribution is 6.86. The van der Waals surface area contributed by atoms with E-state index in [4.69, 9.17) is 43.9 Å². The van der Waals surface area contributed by atoms with Crippen LogP contribution in [0.5, 0.6) is 0 Å². The number of amidine groups is 1. The van der Waals surface area contributed by atoms with Gasteiger partial charge < -0.3 is 43.3 Å². The number of nitrogens with one attached hydrogen (secondary N) is 1. The highest BCUT2D eigenvalue weighted by Crippen LogP contribution is 2.40. The number of rotatable bonds is 15. The molecule has 19 nitrogen and oxygen atoms in total. The Bertz CT molecular complexity index is 998. The van der Waals surface area contributed by atoms with E-state index in [2.05, 4.69) is 15.3 Å². The van der Waals surface area contributed by atoms with Gasteiger partial charge in [0.2, 0.25) is 5.96 Å². The maximum absolute atomic E-state index is 12.3. The zero-order valence-electron chi connectivity index (χ0n) is 24.9. The smallest absolute Gasteiger partial charge is 0.455 e. The molecule has 0 aliphatic carbocycles. The summed E-state index contributed by atoms with van der Waals surface area (Å²) in [4.78, 5) is 82.7. The molecule has 0 fully saturated rings. The van der Waals surface area contributed by atoms with E-state index in [1.54, 1.807) is 0 Å². The Morgan fingerprint density at radius 1 is 0.791 bits per heavy atom. The topological polar surface area (TPSA) is 276 Å². The largest absolute Gasteiger partial charge is 0.716 e. The molecule has 1 atom stereocenters. The van der Waals surface area contributed by atoms with Crippen molar-refractivity contribution in [2.75, 3.05) is 19.6 Å². The van der Waals surface area contributed by atoms with Gasteiger partial charge in [0.25, 0.3) is 35.8 Å². The third kappa shape index (κ3) is 11.3. The fourth-order valence-electron chi connectivity index (χ4n) is 3.97. The number of guanidine groups is 1. The summed E-state index contributed by atoms with van der Waals surface area (Å²) >= 11 is 0. The van der Waals surface area contributed by atoms with Crippen LogP contribution in [0.3, 0.4) is 0 Å². The Morgan fingerprint density at radius 2 is 1.19 bits per heavy atom. The van der Waals surface area contributed by atoms with Crippen LogP contribution in [0.4, 0.5) is 0 Å². The third-order valence-electron chi connectivity index (χ3n) is 5.18. The lowest BCUT2D eigenvalue weighted by atomic mass is 10.3. The van der Waals surface area contributed by atoms with E-state index in [-0.39, 0.29) is 25.6 Å². The van der Waals surface area contributed by atoms with Gasteiger partial charge in [-0.15, -0.1) is 0 Å². The summed E-state index contributed by atoms with van der Waals surface area (Å²) in [6.07, 6.45) is -0.365. The van der Waals surface area contributed by atoms with Gasteiger partial charge in [0.15, 0.2) is 5.16 Å². The summed E-state index contributed by atoms with van der Waals surface area (Å²) in [5.41, 5.74) is 11.3. The molecule has 1 unspecified atom stereocenters. The fraction of sp³-hybridized carbons (Fsp3) is 0.636. The first-order valence-electron chi connectivity index (χ1n) is 13.0. The minimum Gasteiger partial charge on any atom is -0.455 e. The predicted molar refractivity (Wildman–Crippen MR) is 151 cm³/mol. The van der Waals surface area contributed by atoms with Gasteiger partial charge in [-0.25, -0.2) is 10.8 Å². The van der Waals surface area contributed by atoms with E-state index >= 15 is 0 Å². The van der Waals surface area contributed by atoms with Crippen LogP contribution in [0.2, 0.25) is 5.16 Å². The van der Waals surface area contributed by atoms with Crippen molar-refractivity contribution in [3.05, 3.63) is 0 Å². The van der Waals surface area contributed by atoms with Crippen molar-refractivity contribution in [3.8, 4) is 0 Å². The average molecular weight is 650 g/mol. The molecular weight excluding hydrogens is 610 g/mol. The van der Waals surface area contributed by atoms with Gasteiger partial charge >= 0.3 is 17.6 Å². The number of nitrogens with two attached hydrogens (primary N) is 3. The Balaban J connectivity index is 3.90. The van der Waals surface area contributed by atoms with Gasteiger partial charge in [0, 0.05) is 60.9 Å². The predicted octanol–water partition coefficient (Wildman–Crippen LogP) is -1.90. The standard InChI is InChI=1S/C22H39N7O12Si2/c1-13(30)36-42(37-14(2)31,38-15(3)32)21(43(39-16(4)33,40-17(5)34)41-18(6)35)9-12-26-22-28-19(7-10-23)27-20(8-11-24)29(22)25/h20-21H,7-12,23-25H2,1-6H3,(H,26,27,28).